The van der Waals surface area contributed by atoms with Crippen molar-refractivity contribution < 1.29 is 14.2 Å². The summed E-state index contributed by atoms with van der Waals surface area (Å²) >= 11 is 0. The molecule has 0 unspecified atom stereocenters. The molecule has 0 radical (unpaired) electrons. The summed E-state index contributed by atoms with van der Waals surface area (Å²) < 4.78 is 18.3. The molecule has 170 valence electrons. The predicted molar refractivity (Wildman–Crippen MR) is 117 cm³/mol. The molecule has 1 aliphatic heterocycles. The number of pyridine rings is 1. The van der Waals surface area contributed by atoms with Crippen LogP contribution in [-0.4, -0.2) is 63.1 Å². The number of aromatic amines is 1. The molecule has 1 fully saturated rings. The van der Waals surface area contributed by atoms with Crippen LogP contribution in [0.15, 0.2) is 23.0 Å². The van der Waals surface area contributed by atoms with Crippen LogP contribution in [0.5, 0.6) is 11.5 Å². The number of ether oxygens (including phenoxy) is 3. The van der Waals surface area contributed by atoms with Crippen molar-refractivity contribution in [3.05, 3.63) is 39.9 Å². The fourth-order valence-electron chi connectivity index (χ4n) is 4.58. The lowest BCUT2D eigenvalue weighted by molar-refractivity contribution is 0.162. The first kappa shape index (κ1) is 20.9. The van der Waals surface area contributed by atoms with E-state index in [0.29, 0.717) is 57.0 Å². The van der Waals surface area contributed by atoms with Gasteiger partial charge in [0.2, 0.25) is 0 Å². The van der Waals surface area contributed by atoms with Crippen molar-refractivity contribution in [3.63, 3.8) is 0 Å². The first-order valence-electron chi connectivity index (χ1n) is 11.1. The molecule has 0 amide bonds. The Morgan fingerprint density at radius 1 is 1.16 bits per heavy atom. The molecule has 3 aromatic rings. The van der Waals surface area contributed by atoms with Crippen molar-refractivity contribution in [2.24, 2.45) is 0 Å². The van der Waals surface area contributed by atoms with Gasteiger partial charge >= 0.3 is 0 Å². The minimum atomic E-state index is -0.0869. The standard InChI is InChI=1S/C22H28N6O4/c1-30-7-6-28-21(24-25-26-28)14-27(17-4-2-3-5-17)13-16-10-15-11-19-20(32-9-8-31-19)12-18(15)23-22(16)29/h10-12,17H,2-9,13-14H2,1H3,(H,23,29). The minimum absolute atomic E-state index is 0.0869. The van der Waals surface area contributed by atoms with Gasteiger partial charge in [-0.3, -0.25) is 9.69 Å². The summed E-state index contributed by atoms with van der Waals surface area (Å²) in [6.45, 7) is 3.30. The maximum absolute atomic E-state index is 12.9. The van der Waals surface area contributed by atoms with E-state index in [9.17, 15) is 4.79 Å². The Bertz CT molecular complexity index is 1140. The first-order valence-corrected chi connectivity index (χ1v) is 11.1. The number of nitrogens with zero attached hydrogens (tertiary/aromatic N) is 5. The van der Waals surface area contributed by atoms with E-state index in [1.54, 1.807) is 11.8 Å². The molecule has 10 heteroatoms. The van der Waals surface area contributed by atoms with Gasteiger partial charge in [-0.05, 0) is 35.4 Å². The monoisotopic (exact) mass is 440 g/mol. The molecule has 5 rings (SSSR count). The van der Waals surface area contributed by atoms with Crippen LogP contribution >= 0.6 is 0 Å². The van der Waals surface area contributed by atoms with E-state index in [0.717, 1.165) is 35.1 Å². The Hall–Kier alpha value is -2.98. The van der Waals surface area contributed by atoms with Gasteiger partial charge in [-0.15, -0.1) is 5.10 Å². The highest BCUT2D eigenvalue weighted by Gasteiger charge is 2.26. The summed E-state index contributed by atoms with van der Waals surface area (Å²) in [5, 5.41) is 13.1. The van der Waals surface area contributed by atoms with E-state index < -0.39 is 0 Å². The van der Waals surface area contributed by atoms with Crippen LogP contribution in [0.4, 0.5) is 0 Å². The highest BCUT2D eigenvalue weighted by molar-refractivity contribution is 5.83. The molecule has 1 N–H and O–H groups in total. The normalized spacial score (nSPS) is 16.3. The highest BCUT2D eigenvalue weighted by Crippen LogP contribution is 2.34. The predicted octanol–water partition coefficient (Wildman–Crippen LogP) is 1.88. The Morgan fingerprint density at radius 2 is 1.94 bits per heavy atom. The number of benzene rings is 1. The Labute approximate surface area is 185 Å². The van der Waals surface area contributed by atoms with Crippen LogP contribution in [0.1, 0.15) is 37.1 Å². The number of H-pyrrole nitrogens is 1. The van der Waals surface area contributed by atoms with E-state index in [4.69, 9.17) is 14.2 Å². The third-order valence-corrected chi connectivity index (χ3v) is 6.26. The number of hydrogen-bond donors (Lipinski definition) is 1. The highest BCUT2D eigenvalue weighted by atomic mass is 16.6. The zero-order valence-electron chi connectivity index (χ0n) is 18.2. The van der Waals surface area contributed by atoms with Crippen molar-refractivity contribution in [1.29, 1.82) is 0 Å². The lowest BCUT2D eigenvalue weighted by Gasteiger charge is -2.28. The summed E-state index contributed by atoms with van der Waals surface area (Å²) in [5.74, 6) is 2.17. The molecule has 1 aliphatic carbocycles. The van der Waals surface area contributed by atoms with Crippen LogP contribution in [0.3, 0.4) is 0 Å². The number of hydrogen-bond acceptors (Lipinski definition) is 8. The molecule has 10 nitrogen and oxygen atoms in total. The van der Waals surface area contributed by atoms with Gasteiger partial charge in [-0.1, -0.05) is 12.8 Å². The molecule has 3 heterocycles. The van der Waals surface area contributed by atoms with E-state index in [1.807, 2.05) is 18.2 Å². The van der Waals surface area contributed by atoms with Gasteiger partial charge in [0.1, 0.15) is 13.2 Å². The average molecular weight is 441 g/mol. The minimum Gasteiger partial charge on any atom is -0.486 e. The molecule has 0 bridgehead atoms. The Balaban J connectivity index is 1.43. The van der Waals surface area contributed by atoms with Gasteiger partial charge in [-0.25, -0.2) is 4.68 Å². The lowest BCUT2D eigenvalue weighted by Crippen LogP contribution is -2.35. The van der Waals surface area contributed by atoms with E-state index in [2.05, 4.69) is 25.4 Å². The van der Waals surface area contributed by atoms with Crippen LogP contribution in [0.25, 0.3) is 10.9 Å². The van der Waals surface area contributed by atoms with Gasteiger partial charge in [0.05, 0.1) is 25.2 Å². The fourth-order valence-corrected chi connectivity index (χ4v) is 4.58. The molecule has 2 aromatic heterocycles. The van der Waals surface area contributed by atoms with Crippen LogP contribution in [0.2, 0.25) is 0 Å². The van der Waals surface area contributed by atoms with Crippen molar-refractivity contribution in [2.75, 3.05) is 26.9 Å². The van der Waals surface area contributed by atoms with Crippen molar-refractivity contribution in [2.45, 2.75) is 51.4 Å². The quantitative estimate of drug-likeness (QED) is 0.566. The second-order valence-electron chi connectivity index (χ2n) is 8.36. The first-order chi connectivity index (χ1) is 15.7. The molecule has 32 heavy (non-hydrogen) atoms. The van der Waals surface area contributed by atoms with Crippen molar-refractivity contribution in [1.82, 2.24) is 30.1 Å². The number of rotatable bonds is 8. The zero-order chi connectivity index (χ0) is 21.9. The van der Waals surface area contributed by atoms with Crippen molar-refractivity contribution >= 4 is 10.9 Å². The SMILES string of the molecule is COCCn1nnnc1CN(Cc1cc2cc3c(cc2[nH]c1=O)OCCO3)C1CCCC1. The topological polar surface area (TPSA) is 107 Å². The molecular weight excluding hydrogens is 412 g/mol. The van der Waals surface area contributed by atoms with Gasteiger partial charge < -0.3 is 19.2 Å². The average Bonchev–Trinajstić information content (AvgIpc) is 3.49. The number of methoxy groups -OCH3 is 1. The van der Waals surface area contributed by atoms with Gasteiger partial charge in [-0.2, -0.15) is 0 Å². The Morgan fingerprint density at radius 3 is 2.72 bits per heavy atom. The summed E-state index contributed by atoms with van der Waals surface area (Å²) in [6, 6.07) is 6.14. The number of nitrogens with one attached hydrogen (secondary N) is 1. The van der Waals surface area contributed by atoms with E-state index in [1.165, 1.54) is 12.8 Å². The zero-order valence-corrected chi connectivity index (χ0v) is 18.2. The molecule has 1 aromatic carbocycles. The van der Waals surface area contributed by atoms with E-state index >= 15 is 0 Å². The molecule has 0 saturated heterocycles. The van der Waals surface area contributed by atoms with Crippen LogP contribution < -0.4 is 15.0 Å². The third kappa shape index (κ3) is 4.33. The molecule has 1 saturated carbocycles. The summed E-state index contributed by atoms with van der Waals surface area (Å²) in [6.07, 6.45) is 4.63. The largest absolute Gasteiger partial charge is 0.486 e. The summed E-state index contributed by atoms with van der Waals surface area (Å²) in [5.41, 5.74) is 1.38. The lowest BCUT2D eigenvalue weighted by atomic mass is 10.1. The van der Waals surface area contributed by atoms with Gasteiger partial charge in [0, 0.05) is 36.7 Å². The molecular formula is C22H28N6O4. The second-order valence-corrected chi connectivity index (χ2v) is 8.36. The third-order valence-electron chi connectivity index (χ3n) is 6.26. The summed E-state index contributed by atoms with van der Waals surface area (Å²) in [7, 11) is 1.66. The molecule has 0 spiro atoms. The van der Waals surface area contributed by atoms with E-state index in [-0.39, 0.29) is 5.56 Å². The maximum atomic E-state index is 12.9. The smallest absolute Gasteiger partial charge is 0.252 e. The van der Waals surface area contributed by atoms with Gasteiger partial charge in [0.15, 0.2) is 17.3 Å². The number of aromatic nitrogens is 5. The number of fused-ring (bicyclic) bond motifs is 2. The van der Waals surface area contributed by atoms with Crippen LogP contribution in [-0.2, 0) is 24.4 Å². The Kier molecular flexibility index (Phi) is 6.04. The fraction of sp³-hybridized carbons (Fsp3) is 0.545. The number of tetrazole rings is 1. The molecule has 2 aliphatic rings. The van der Waals surface area contributed by atoms with Crippen LogP contribution in [0, 0.1) is 0 Å². The second kappa shape index (κ2) is 9.25. The van der Waals surface area contributed by atoms with Gasteiger partial charge in [0.25, 0.3) is 5.56 Å². The van der Waals surface area contributed by atoms with Crippen molar-refractivity contribution in [3.8, 4) is 11.5 Å². The summed E-state index contributed by atoms with van der Waals surface area (Å²) in [4.78, 5) is 18.3. The maximum Gasteiger partial charge on any atom is 0.252 e. The molecule has 0 atom stereocenters.